The van der Waals surface area contributed by atoms with E-state index in [-0.39, 0.29) is 5.78 Å². The number of hydrogen-bond acceptors (Lipinski definition) is 3. The number of nitrogens with two attached hydrogens (primary N) is 1. The van der Waals surface area contributed by atoms with E-state index in [2.05, 4.69) is 4.98 Å². The summed E-state index contributed by atoms with van der Waals surface area (Å²) in [6.07, 6.45) is 0. The number of carbonyl (C=O) groups excluding carboxylic acids is 1. The standard InChI is InChI=1S/C10H14N2O/c1-10(2,3)9(13)7-5-4-6-8(11)12-7/h4-6H,1-3H3,(H2,11,12). The van der Waals surface area contributed by atoms with Gasteiger partial charge in [0.1, 0.15) is 11.5 Å². The van der Waals surface area contributed by atoms with Crippen molar-refractivity contribution in [3.05, 3.63) is 23.9 Å². The lowest BCUT2D eigenvalue weighted by atomic mass is 9.89. The molecule has 2 N–H and O–H groups in total. The molecule has 0 fully saturated rings. The number of hydrogen-bond donors (Lipinski definition) is 1. The van der Waals surface area contributed by atoms with Gasteiger partial charge in [0.25, 0.3) is 0 Å². The first kappa shape index (κ1) is 9.71. The molecule has 1 aromatic rings. The minimum absolute atomic E-state index is 0.0137. The summed E-state index contributed by atoms with van der Waals surface area (Å²) in [6, 6.07) is 5.09. The minimum Gasteiger partial charge on any atom is -0.384 e. The topological polar surface area (TPSA) is 56.0 Å². The molecule has 0 saturated heterocycles. The van der Waals surface area contributed by atoms with Gasteiger partial charge in [0.05, 0.1) is 0 Å². The van der Waals surface area contributed by atoms with Crippen LogP contribution in [0.5, 0.6) is 0 Å². The van der Waals surface area contributed by atoms with Gasteiger partial charge >= 0.3 is 0 Å². The van der Waals surface area contributed by atoms with Gasteiger partial charge in [-0.2, -0.15) is 0 Å². The van der Waals surface area contributed by atoms with Crippen LogP contribution in [0.15, 0.2) is 18.2 Å². The molecule has 0 unspecified atom stereocenters. The molecular formula is C10H14N2O. The Kier molecular flexibility index (Phi) is 2.36. The Hall–Kier alpha value is -1.38. The highest BCUT2D eigenvalue weighted by Gasteiger charge is 2.23. The quantitative estimate of drug-likeness (QED) is 0.668. The van der Waals surface area contributed by atoms with Crippen molar-refractivity contribution < 1.29 is 4.79 Å². The zero-order valence-corrected chi connectivity index (χ0v) is 8.16. The summed E-state index contributed by atoms with van der Waals surface area (Å²) >= 11 is 0. The summed E-state index contributed by atoms with van der Waals surface area (Å²) in [5.74, 6) is 0.398. The summed E-state index contributed by atoms with van der Waals surface area (Å²) in [7, 11) is 0. The average molecular weight is 178 g/mol. The van der Waals surface area contributed by atoms with Crippen molar-refractivity contribution >= 4 is 11.6 Å². The second-order valence-electron chi connectivity index (χ2n) is 4.03. The fraction of sp³-hybridized carbons (Fsp3) is 0.400. The smallest absolute Gasteiger partial charge is 0.186 e. The molecule has 70 valence electrons. The van der Waals surface area contributed by atoms with Gasteiger partial charge in [-0.05, 0) is 12.1 Å². The summed E-state index contributed by atoms with van der Waals surface area (Å²) in [5, 5.41) is 0. The van der Waals surface area contributed by atoms with E-state index in [0.717, 1.165) is 0 Å². The number of Topliss-reactive ketones (excluding diaryl/α,β-unsaturated/α-hetero) is 1. The molecule has 0 bridgehead atoms. The minimum atomic E-state index is -0.402. The third-order valence-electron chi connectivity index (χ3n) is 1.68. The number of carbonyl (C=O) groups is 1. The fourth-order valence-corrected chi connectivity index (χ4v) is 0.962. The Balaban J connectivity index is 3.03. The lowest BCUT2D eigenvalue weighted by molar-refractivity contribution is 0.0853. The van der Waals surface area contributed by atoms with Gasteiger partial charge in [-0.15, -0.1) is 0 Å². The monoisotopic (exact) mass is 178 g/mol. The second kappa shape index (κ2) is 3.17. The van der Waals surface area contributed by atoms with Gasteiger partial charge in [-0.1, -0.05) is 26.8 Å². The highest BCUT2D eigenvalue weighted by molar-refractivity contribution is 5.98. The van der Waals surface area contributed by atoms with Crippen molar-refractivity contribution in [1.29, 1.82) is 0 Å². The molecule has 0 aromatic carbocycles. The van der Waals surface area contributed by atoms with Crippen LogP contribution in [-0.4, -0.2) is 10.8 Å². The van der Waals surface area contributed by atoms with Crippen LogP contribution in [0.25, 0.3) is 0 Å². The predicted molar refractivity (Wildman–Crippen MR) is 52.4 cm³/mol. The first-order valence-electron chi connectivity index (χ1n) is 4.18. The summed E-state index contributed by atoms with van der Waals surface area (Å²) in [4.78, 5) is 15.7. The van der Waals surface area contributed by atoms with Gasteiger partial charge in [0.15, 0.2) is 5.78 Å². The van der Waals surface area contributed by atoms with Crippen LogP contribution < -0.4 is 5.73 Å². The van der Waals surface area contributed by atoms with E-state index < -0.39 is 5.41 Å². The number of nitrogen functional groups attached to an aromatic ring is 1. The highest BCUT2D eigenvalue weighted by Crippen LogP contribution is 2.19. The first-order chi connectivity index (χ1) is 5.91. The normalized spacial score (nSPS) is 11.3. The molecule has 0 amide bonds. The predicted octanol–water partition coefficient (Wildman–Crippen LogP) is 1.89. The Labute approximate surface area is 78.0 Å². The highest BCUT2D eigenvalue weighted by atomic mass is 16.1. The fourth-order valence-electron chi connectivity index (χ4n) is 0.962. The lowest BCUT2D eigenvalue weighted by Crippen LogP contribution is -2.21. The third-order valence-corrected chi connectivity index (χ3v) is 1.68. The van der Waals surface area contributed by atoms with E-state index in [1.165, 1.54) is 0 Å². The van der Waals surface area contributed by atoms with Gasteiger partial charge < -0.3 is 5.73 Å². The SMILES string of the molecule is CC(C)(C)C(=O)c1cccc(N)n1. The van der Waals surface area contributed by atoms with Crippen molar-refractivity contribution in [2.75, 3.05) is 5.73 Å². The first-order valence-corrected chi connectivity index (χ1v) is 4.18. The molecule has 0 radical (unpaired) electrons. The van der Waals surface area contributed by atoms with E-state index in [4.69, 9.17) is 5.73 Å². The van der Waals surface area contributed by atoms with Crippen LogP contribution in [0.4, 0.5) is 5.82 Å². The maximum absolute atomic E-state index is 11.7. The summed E-state index contributed by atoms with van der Waals surface area (Å²) in [6.45, 7) is 5.58. The molecule has 0 aliphatic heterocycles. The van der Waals surface area contributed by atoms with Crippen LogP contribution in [0.3, 0.4) is 0 Å². The van der Waals surface area contributed by atoms with Crippen molar-refractivity contribution in [1.82, 2.24) is 4.98 Å². The Morgan fingerprint density at radius 3 is 2.46 bits per heavy atom. The maximum atomic E-state index is 11.7. The number of anilines is 1. The van der Waals surface area contributed by atoms with Crippen molar-refractivity contribution in [3.8, 4) is 0 Å². The molecule has 0 aliphatic rings. The molecular weight excluding hydrogens is 164 g/mol. The van der Waals surface area contributed by atoms with E-state index in [0.29, 0.717) is 11.5 Å². The molecule has 13 heavy (non-hydrogen) atoms. The van der Waals surface area contributed by atoms with Crippen molar-refractivity contribution in [2.45, 2.75) is 20.8 Å². The van der Waals surface area contributed by atoms with Crippen LogP contribution >= 0.6 is 0 Å². The van der Waals surface area contributed by atoms with Crippen LogP contribution in [0, 0.1) is 5.41 Å². The lowest BCUT2D eigenvalue weighted by Gasteiger charge is -2.15. The zero-order valence-electron chi connectivity index (χ0n) is 8.16. The number of nitrogens with zero attached hydrogens (tertiary/aromatic N) is 1. The molecule has 1 aromatic heterocycles. The van der Waals surface area contributed by atoms with E-state index in [9.17, 15) is 4.79 Å². The summed E-state index contributed by atoms with van der Waals surface area (Å²) in [5.41, 5.74) is 5.51. The van der Waals surface area contributed by atoms with Gasteiger partial charge in [0.2, 0.25) is 0 Å². The molecule has 0 spiro atoms. The molecule has 3 heteroatoms. The second-order valence-corrected chi connectivity index (χ2v) is 4.03. The molecule has 0 aliphatic carbocycles. The molecule has 1 heterocycles. The number of ketones is 1. The molecule has 0 atom stereocenters. The molecule has 0 saturated carbocycles. The Morgan fingerprint density at radius 1 is 1.38 bits per heavy atom. The van der Waals surface area contributed by atoms with Crippen molar-refractivity contribution in [3.63, 3.8) is 0 Å². The number of rotatable bonds is 1. The zero-order chi connectivity index (χ0) is 10.1. The van der Waals surface area contributed by atoms with Crippen LogP contribution in [0.1, 0.15) is 31.3 Å². The maximum Gasteiger partial charge on any atom is 0.186 e. The van der Waals surface area contributed by atoms with Gasteiger partial charge in [-0.3, -0.25) is 4.79 Å². The third kappa shape index (κ3) is 2.28. The van der Waals surface area contributed by atoms with E-state index in [1.54, 1.807) is 18.2 Å². The van der Waals surface area contributed by atoms with Crippen molar-refractivity contribution in [2.24, 2.45) is 5.41 Å². The number of pyridine rings is 1. The Morgan fingerprint density at radius 2 is 2.00 bits per heavy atom. The van der Waals surface area contributed by atoms with Gasteiger partial charge in [0, 0.05) is 5.41 Å². The molecule has 1 rings (SSSR count). The van der Waals surface area contributed by atoms with E-state index in [1.807, 2.05) is 20.8 Å². The van der Waals surface area contributed by atoms with Gasteiger partial charge in [-0.25, -0.2) is 4.98 Å². The summed E-state index contributed by atoms with van der Waals surface area (Å²) < 4.78 is 0. The van der Waals surface area contributed by atoms with Crippen LogP contribution in [-0.2, 0) is 0 Å². The molecule has 3 nitrogen and oxygen atoms in total. The Bertz CT molecular complexity index is 326. The largest absolute Gasteiger partial charge is 0.384 e. The number of aromatic nitrogens is 1. The van der Waals surface area contributed by atoms with E-state index >= 15 is 0 Å². The van der Waals surface area contributed by atoms with Crippen LogP contribution in [0.2, 0.25) is 0 Å². The average Bonchev–Trinajstić information content (AvgIpc) is 2.01.